The number of amides is 1. The molecule has 1 amide bonds. The Hall–Kier alpha value is -2.71. The second-order valence-electron chi connectivity index (χ2n) is 6.68. The van der Waals surface area contributed by atoms with Crippen molar-refractivity contribution in [3.8, 4) is 0 Å². The standard InChI is InChI=1S/C20H24N2O5S/c1-14(2)19(22-28(25,26)17-7-5-4-6-8-17)20(24)27-13-18(23)21-16-11-9-15(3)10-12-16/h4-12,14,19,22H,13H2,1-3H3,(H,21,23)/t19-/m0/s1. The van der Waals surface area contributed by atoms with Crippen LogP contribution in [0.15, 0.2) is 59.5 Å². The van der Waals surface area contributed by atoms with Gasteiger partial charge in [-0.05, 0) is 37.1 Å². The van der Waals surface area contributed by atoms with Gasteiger partial charge in [-0.2, -0.15) is 4.72 Å². The summed E-state index contributed by atoms with van der Waals surface area (Å²) in [7, 11) is -3.89. The number of benzene rings is 2. The summed E-state index contributed by atoms with van der Waals surface area (Å²) in [5.41, 5.74) is 1.63. The molecule has 0 radical (unpaired) electrons. The topological polar surface area (TPSA) is 102 Å². The fraction of sp³-hybridized carbons (Fsp3) is 0.300. The number of carbonyl (C=O) groups excluding carboxylic acids is 2. The van der Waals surface area contributed by atoms with Crippen LogP contribution in [0.4, 0.5) is 5.69 Å². The molecule has 0 aliphatic carbocycles. The molecule has 28 heavy (non-hydrogen) atoms. The Labute approximate surface area is 165 Å². The molecule has 2 aromatic carbocycles. The second-order valence-corrected chi connectivity index (χ2v) is 8.39. The van der Waals surface area contributed by atoms with Crippen LogP contribution in [-0.4, -0.2) is 32.9 Å². The predicted octanol–water partition coefficient (Wildman–Crippen LogP) is 2.48. The molecule has 0 saturated carbocycles. The van der Waals surface area contributed by atoms with Gasteiger partial charge in [0.2, 0.25) is 10.0 Å². The van der Waals surface area contributed by atoms with Gasteiger partial charge in [0, 0.05) is 5.69 Å². The first-order valence-electron chi connectivity index (χ1n) is 8.79. The average molecular weight is 404 g/mol. The predicted molar refractivity (Wildman–Crippen MR) is 106 cm³/mol. The van der Waals surface area contributed by atoms with Crippen LogP contribution in [0.5, 0.6) is 0 Å². The summed E-state index contributed by atoms with van der Waals surface area (Å²) in [5, 5.41) is 2.61. The number of anilines is 1. The number of rotatable bonds is 8. The van der Waals surface area contributed by atoms with Crippen LogP contribution in [0.3, 0.4) is 0 Å². The molecule has 0 fully saturated rings. The highest BCUT2D eigenvalue weighted by Crippen LogP contribution is 2.13. The maximum absolute atomic E-state index is 12.5. The van der Waals surface area contributed by atoms with Gasteiger partial charge < -0.3 is 10.1 Å². The smallest absolute Gasteiger partial charge is 0.324 e. The maximum atomic E-state index is 12.5. The molecule has 150 valence electrons. The van der Waals surface area contributed by atoms with Gasteiger partial charge in [-0.3, -0.25) is 9.59 Å². The molecule has 0 aromatic heterocycles. The van der Waals surface area contributed by atoms with E-state index >= 15 is 0 Å². The van der Waals surface area contributed by atoms with Crippen LogP contribution in [0.1, 0.15) is 19.4 Å². The minimum absolute atomic E-state index is 0.0468. The van der Waals surface area contributed by atoms with E-state index in [2.05, 4.69) is 10.0 Å². The lowest BCUT2D eigenvalue weighted by Gasteiger charge is -2.20. The summed E-state index contributed by atoms with van der Waals surface area (Å²) in [6.45, 7) is 4.79. The molecule has 0 saturated heterocycles. The first kappa shape index (κ1) is 21.6. The van der Waals surface area contributed by atoms with Crippen molar-refractivity contribution in [1.82, 2.24) is 4.72 Å². The summed E-state index contributed by atoms with van der Waals surface area (Å²) in [6, 6.07) is 13.8. The van der Waals surface area contributed by atoms with Gasteiger partial charge in [-0.15, -0.1) is 0 Å². The molecule has 0 spiro atoms. The molecule has 2 rings (SSSR count). The van der Waals surface area contributed by atoms with Crippen molar-refractivity contribution < 1.29 is 22.7 Å². The third-order valence-corrected chi connectivity index (χ3v) is 5.39. The van der Waals surface area contributed by atoms with Gasteiger partial charge >= 0.3 is 5.97 Å². The Morgan fingerprint density at radius 3 is 2.18 bits per heavy atom. The molecule has 0 unspecified atom stereocenters. The highest BCUT2D eigenvalue weighted by molar-refractivity contribution is 7.89. The minimum Gasteiger partial charge on any atom is -0.454 e. The van der Waals surface area contributed by atoms with Gasteiger partial charge in [0.1, 0.15) is 6.04 Å². The highest BCUT2D eigenvalue weighted by Gasteiger charge is 2.30. The Bertz CT molecular complexity index is 909. The van der Waals surface area contributed by atoms with Crippen molar-refractivity contribution in [2.45, 2.75) is 31.7 Å². The van der Waals surface area contributed by atoms with Gasteiger partial charge in [-0.25, -0.2) is 8.42 Å². The molecule has 0 aliphatic rings. The quantitative estimate of drug-likeness (QED) is 0.658. The third kappa shape index (κ3) is 6.17. The molecule has 7 nitrogen and oxygen atoms in total. The number of sulfonamides is 1. The third-order valence-electron chi connectivity index (χ3n) is 3.94. The van der Waals surface area contributed by atoms with E-state index in [-0.39, 0.29) is 10.8 Å². The lowest BCUT2D eigenvalue weighted by molar-refractivity contribution is -0.150. The maximum Gasteiger partial charge on any atom is 0.324 e. The number of carbonyl (C=O) groups is 2. The second kappa shape index (κ2) is 9.48. The lowest BCUT2D eigenvalue weighted by Crippen LogP contribution is -2.45. The van der Waals surface area contributed by atoms with E-state index in [1.807, 2.05) is 19.1 Å². The number of esters is 1. The zero-order chi connectivity index (χ0) is 20.7. The van der Waals surface area contributed by atoms with Crippen molar-refractivity contribution in [2.75, 3.05) is 11.9 Å². The van der Waals surface area contributed by atoms with E-state index in [1.165, 1.54) is 12.1 Å². The van der Waals surface area contributed by atoms with Crippen molar-refractivity contribution in [3.05, 3.63) is 60.2 Å². The Morgan fingerprint density at radius 1 is 1.00 bits per heavy atom. The number of hydrogen-bond acceptors (Lipinski definition) is 5. The van der Waals surface area contributed by atoms with Crippen LogP contribution in [0.25, 0.3) is 0 Å². The molecule has 0 bridgehead atoms. The molecule has 8 heteroatoms. The molecule has 2 N–H and O–H groups in total. The van der Waals surface area contributed by atoms with E-state index in [9.17, 15) is 18.0 Å². The summed E-state index contributed by atoms with van der Waals surface area (Å²) < 4.78 is 32.3. The zero-order valence-corrected chi connectivity index (χ0v) is 16.8. The van der Waals surface area contributed by atoms with Crippen LogP contribution in [0.2, 0.25) is 0 Å². The fourth-order valence-electron chi connectivity index (χ4n) is 2.35. The normalized spacial score (nSPS) is 12.4. The van der Waals surface area contributed by atoms with E-state index in [1.54, 1.807) is 44.2 Å². The summed E-state index contributed by atoms with van der Waals surface area (Å²) >= 11 is 0. The number of ether oxygens (including phenoxy) is 1. The minimum atomic E-state index is -3.89. The Morgan fingerprint density at radius 2 is 1.61 bits per heavy atom. The van der Waals surface area contributed by atoms with Crippen molar-refractivity contribution >= 4 is 27.6 Å². The van der Waals surface area contributed by atoms with E-state index < -0.39 is 34.5 Å². The molecule has 0 heterocycles. The summed E-state index contributed by atoms with van der Waals surface area (Å²) in [5.74, 6) is -1.69. The molecule has 0 aliphatic heterocycles. The SMILES string of the molecule is Cc1ccc(NC(=O)COC(=O)[C@@H](NS(=O)(=O)c2ccccc2)C(C)C)cc1. The number of nitrogens with one attached hydrogen (secondary N) is 2. The Kier molecular flexibility index (Phi) is 7.31. The molecule has 1 atom stereocenters. The molecular formula is C20H24N2O5S. The molecular weight excluding hydrogens is 380 g/mol. The Balaban J connectivity index is 1.97. The van der Waals surface area contributed by atoms with Gasteiger partial charge in [-0.1, -0.05) is 49.7 Å². The van der Waals surface area contributed by atoms with E-state index in [0.29, 0.717) is 5.69 Å². The zero-order valence-electron chi connectivity index (χ0n) is 16.0. The first-order valence-corrected chi connectivity index (χ1v) is 10.3. The van der Waals surface area contributed by atoms with Crippen LogP contribution in [-0.2, 0) is 24.3 Å². The van der Waals surface area contributed by atoms with Crippen LogP contribution in [0, 0.1) is 12.8 Å². The van der Waals surface area contributed by atoms with Crippen molar-refractivity contribution in [3.63, 3.8) is 0 Å². The van der Waals surface area contributed by atoms with E-state index in [4.69, 9.17) is 4.74 Å². The number of aryl methyl sites for hydroxylation is 1. The van der Waals surface area contributed by atoms with Crippen molar-refractivity contribution in [2.24, 2.45) is 5.92 Å². The van der Waals surface area contributed by atoms with Gasteiger partial charge in [0.25, 0.3) is 5.91 Å². The molecule has 2 aromatic rings. The fourth-order valence-corrected chi connectivity index (χ4v) is 3.71. The monoisotopic (exact) mass is 404 g/mol. The van der Waals surface area contributed by atoms with Crippen molar-refractivity contribution in [1.29, 1.82) is 0 Å². The van der Waals surface area contributed by atoms with Gasteiger partial charge in [0.15, 0.2) is 6.61 Å². The number of hydrogen-bond donors (Lipinski definition) is 2. The van der Waals surface area contributed by atoms with Crippen LogP contribution >= 0.6 is 0 Å². The average Bonchev–Trinajstić information content (AvgIpc) is 2.66. The van der Waals surface area contributed by atoms with Gasteiger partial charge in [0.05, 0.1) is 4.90 Å². The van der Waals surface area contributed by atoms with Crippen LogP contribution < -0.4 is 10.0 Å². The summed E-state index contributed by atoms with van der Waals surface area (Å²) in [6.07, 6.45) is 0. The summed E-state index contributed by atoms with van der Waals surface area (Å²) in [4.78, 5) is 24.4. The lowest BCUT2D eigenvalue weighted by atomic mass is 10.1. The first-order chi connectivity index (χ1) is 13.2. The largest absolute Gasteiger partial charge is 0.454 e. The van der Waals surface area contributed by atoms with E-state index in [0.717, 1.165) is 5.56 Å². The highest BCUT2D eigenvalue weighted by atomic mass is 32.2.